The van der Waals surface area contributed by atoms with Crippen LogP contribution in [0.5, 0.6) is 5.75 Å². The molecule has 0 saturated carbocycles. The molecule has 2 aromatic rings. The third kappa shape index (κ3) is 4.41. The molecule has 1 fully saturated rings. The summed E-state index contributed by atoms with van der Waals surface area (Å²) in [6, 6.07) is 8.16. The zero-order chi connectivity index (χ0) is 17.8. The number of piperidine rings is 1. The molecule has 0 N–H and O–H groups in total. The predicted molar refractivity (Wildman–Crippen MR) is 97.7 cm³/mol. The van der Waals surface area contributed by atoms with Crippen molar-refractivity contribution in [3.05, 3.63) is 47.3 Å². The largest absolute Gasteiger partial charge is 0.490 e. The number of hydrogen-bond donors (Lipinski definition) is 0. The van der Waals surface area contributed by atoms with E-state index in [1.165, 1.54) is 5.56 Å². The van der Waals surface area contributed by atoms with Gasteiger partial charge in [-0.15, -0.1) is 0 Å². The summed E-state index contributed by atoms with van der Waals surface area (Å²) < 4.78 is 7.89. The molecule has 1 saturated heterocycles. The smallest absolute Gasteiger partial charge is 0.222 e. The second-order valence-electron chi connectivity index (χ2n) is 6.89. The van der Waals surface area contributed by atoms with Crippen molar-refractivity contribution in [3.8, 4) is 5.75 Å². The number of benzene rings is 1. The fraction of sp³-hybridized carbons (Fsp3) is 0.500. The van der Waals surface area contributed by atoms with Gasteiger partial charge in [0.15, 0.2) is 0 Å². The van der Waals surface area contributed by atoms with Gasteiger partial charge in [0.05, 0.1) is 6.20 Å². The monoisotopic (exact) mass is 341 g/mol. The average Bonchev–Trinajstić information content (AvgIpc) is 2.94. The molecule has 1 amide bonds. The lowest BCUT2D eigenvalue weighted by Crippen LogP contribution is -2.41. The molecule has 0 radical (unpaired) electrons. The molecule has 0 spiro atoms. The standard InChI is InChI=1S/C20H27N3O2/c1-15-4-7-18(8-5-15)25-19-10-12-23(13-11-19)20(24)9-6-17-14-21-22(3)16(17)2/h4-5,7-8,14,19H,6,9-13H2,1-3H3. The molecular weight excluding hydrogens is 314 g/mol. The Bertz CT molecular complexity index is 713. The minimum absolute atomic E-state index is 0.201. The van der Waals surface area contributed by atoms with E-state index < -0.39 is 0 Å². The first-order valence-electron chi connectivity index (χ1n) is 9.01. The number of aromatic nitrogens is 2. The van der Waals surface area contributed by atoms with Gasteiger partial charge in [0.2, 0.25) is 5.91 Å². The first kappa shape index (κ1) is 17.5. The first-order valence-corrected chi connectivity index (χ1v) is 9.01. The molecule has 25 heavy (non-hydrogen) atoms. The summed E-state index contributed by atoms with van der Waals surface area (Å²) in [5, 5.41) is 4.24. The summed E-state index contributed by atoms with van der Waals surface area (Å²) >= 11 is 0. The van der Waals surface area contributed by atoms with Gasteiger partial charge in [0.1, 0.15) is 11.9 Å². The molecule has 1 aliphatic heterocycles. The Labute approximate surface area is 149 Å². The highest BCUT2D eigenvalue weighted by molar-refractivity contribution is 5.76. The number of hydrogen-bond acceptors (Lipinski definition) is 3. The zero-order valence-corrected chi connectivity index (χ0v) is 15.4. The molecule has 5 nitrogen and oxygen atoms in total. The Hall–Kier alpha value is -2.30. The van der Waals surface area contributed by atoms with Gasteiger partial charge in [-0.3, -0.25) is 9.48 Å². The molecule has 134 valence electrons. The fourth-order valence-corrected chi connectivity index (χ4v) is 3.22. The fourth-order valence-electron chi connectivity index (χ4n) is 3.22. The van der Waals surface area contributed by atoms with E-state index in [4.69, 9.17) is 4.74 Å². The maximum Gasteiger partial charge on any atom is 0.222 e. The normalized spacial score (nSPS) is 15.4. The van der Waals surface area contributed by atoms with E-state index in [0.29, 0.717) is 6.42 Å². The Morgan fingerprint density at radius 3 is 2.48 bits per heavy atom. The van der Waals surface area contributed by atoms with Crippen LogP contribution >= 0.6 is 0 Å². The minimum atomic E-state index is 0.201. The van der Waals surface area contributed by atoms with Gasteiger partial charge in [0.25, 0.3) is 0 Å². The minimum Gasteiger partial charge on any atom is -0.490 e. The van der Waals surface area contributed by atoms with Crippen molar-refractivity contribution in [2.24, 2.45) is 7.05 Å². The quantitative estimate of drug-likeness (QED) is 0.840. The van der Waals surface area contributed by atoms with Crippen LogP contribution in [0.1, 0.15) is 36.1 Å². The Balaban J connectivity index is 1.44. The van der Waals surface area contributed by atoms with Crippen LogP contribution in [-0.4, -0.2) is 39.8 Å². The number of amides is 1. The van der Waals surface area contributed by atoms with E-state index >= 15 is 0 Å². The van der Waals surface area contributed by atoms with Gasteiger partial charge < -0.3 is 9.64 Å². The third-order valence-electron chi connectivity index (χ3n) is 5.06. The van der Waals surface area contributed by atoms with Crippen LogP contribution in [0.25, 0.3) is 0 Å². The predicted octanol–water partition coefficient (Wildman–Crippen LogP) is 3.04. The summed E-state index contributed by atoms with van der Waals surface area (Å²) in [4.78, 5) is 14.4. The van der Waals surface area contributed by atoms with Gasteiger partial charge in [-0.25, -0.2) is 0 Å². The van der Waals surface area contributed by atoms with E-state index in [0.717, 1.165) is 49.4 Å². The van der Waals surface area contributed by atoms with Gasteiger partial charge in [-0.1, -0.05) is 17.7 Å². The molecular formula is C20H27N3O2. The number of carbonyl (C=O) groups is 1. The highest BCUT2D eigenvalue weighted by Gasteiger charge is 2.24. The van der Waals surface area contributed by atoms with Crippen molar-refractivity contribution >= 4 is 5.91 Å². The average molecular weight is 341 g/mol. The van der Waals surface area contributed by atoms with Gasteiger partial charge in [0, 0.05) is 45.1 Å². The van der Waals surface area contributed by atoms with E-state index in [1.54, 1.807) is 0 Å². The van der Waals surface area contributed by atoms with Crippen LogP contribution < -0.4 is 4.74 Å². The lowest BCUT2D eigenvalue weighted by molar-refractivity contribution is -0.132. The van der Waals surface area contributed by atoms with Gasteiger partial charge in [-0.05, 0) is 38.0 Å². The summed E-state index contributed by atoms with van der Waals surface area (Å²) in [5.41, 5.74) is 3.53. The van der Waals surface area contributed by atoms with Crippen molar-refractivity contribution in [1.29, 1.82) is 0 Å². The molecule has 5 heteroatoms. The SMILES string of the molecule is Cc1ccc(OC2CCN(C(=O)CCc3cnn(C)c3C)CC2)cc1. The number of carbonyl (C=O) groups excluding carboxylic acids is 1. The third-order valence-corrected chi connectivity index (χ3v) is 5.06. The zero-order valence-electron chi connectivity index (χ0n) is 15.4. The van der Waals surface area contributed by atoms with Crippen LogP contribution in [0.15, 0.2) is 30.5 Å². The lowest BCUT2D eigenvalue weighted by atomic mass is 10.1. The molecule has 0 atom stereocenters. The lowest BCUT2D eigenvalue weighted by Gasteiger charge is -2.32. The Morgan fingerprint density at radius 1 is 1.20 bits per heavy atom. The summed E-state index contributed by atoms with van der Waals surface area (Å²) in [5.74, 6) is 1.15. The molecule has 2 heterocycles. The number of likely N-dealkylation sites (tertiary alicyclic amines) is 1. The van der Waals surface area contributed by atoms with Crippen molar-refractivity contribution in [1.82, 2.24) is 14.7 Å². The van der Waals surface area contributed by atoms with E-state index in [9.17, 15) is 4.79 Å². The van der Waals surface area contributed by atoms with Crippen molar-refractivity contribution in [2.75, 3.05) is 13.1 Å². The van der Waals surface area contributed by atoms with Crippen LogP contribution in [-0.2, 0) is 18.3 Å². The number of aryl methyl sites for hydroxylation is 3. The second kappa shape index (κ2) is 7.72. The van der Waals surface area contributed by atoms with Gasteiger partial charge >= 0.3 is 0 Å². The summed E-state index contributed by atoms with van der Waals surface area (Å²) in [7, 11) is 1.93. The molecule has 0 aliphatic carbocycles. The maximum absolute atomic E-state index is 12.4. The van der Waals surface area contributed by atoms with Crippen molar-refractivity contribution < 1.29 is 9.53 Å². The van der Waals surface area contributed by atoms with E-state index in [2.05, 4.69) is 24.2 Å². The Morgan fingerprint density at radius 2 is 1.88 bits per heavy atom. The van der Waals surface area contributed by atoms with Crippen LogP contribution in [0.3, 0.4) is 0 Å². The molecule has 0 unspecified atom stereocenters. The number of ether oxygens (including phenoxy) is 1. The molecule has 1 aromatic carbocycles. The van der Waals surface area contributed by atoms with E-state index in [-0.39, 0.29) is 12.0 Å². The summed E-state index contributed by atoms with van der Waals surface area (Å²) in [6.07, 6.45) is 5.17. The van der Waals surface area contributed by atoms with Crippen molar-refractivity contribution in [2.45, 2.75) is 45.6 Å². The van der Waals surface area contributed by atoms with Crippen LogP contribution in [0.4, 0.5) is 0 Å². The molecule has 1 aliphatic rings. The number of nitrogens with zero attached hydrogens (tertiary/aromatic N) is 3. The maximum atomic E-state index is 12.4. The molecule has 1 aromatic heterocycles. The second-order valence-corrected chi connectivity index (χ2v) is 6.89. The van der Waals surface area contributed by atoms with Crippen LogP contribution in [0.2, 0.25) is 0 Å². The van der Waals surface area contributed by atoms with Crippen LogP contribution in [0, 0.1) is 13.8 Å². The van der Waals surface area contributed by atoms with Crippen molar-refractivity contribution in [3.63, 3.8) is 0 Å². The summed E-state index contributed by atoms with van der Waals surface area (Å²) in [6.45, 7) is 5.67. The first-order chi connectivity index (χ1) is 12.0. The Kier molecular flexibility index (Phi) is 5.41. The highest BCUT2D eigenvalue weighted by atomic mass is 16.5. The highest BCUT2D eigenvalue weighted by Crippen LogP contribution is 2.20. The molecule has 0 bridgehead atoms. The molecule has 3 rings (SSSR count). The number of rotatable bonds is 5. The van der Waals surface area contributed by atoms with Gasteiger partial charge in [-0.2, -0.15) is 5.10 Å². The van der Waals surface area contributed by atoms with E-state index in [1.807, 2.05) is 41.9 Å². The topological polar surface area (TPSA) is 47.4 Å².